The van der Waals surface area contributed by atoms with Crippen LogP contribution in [-0.4, -0.2) is 46.2 Å². The molecule has 4 nitrogen and oxygen atoms in total. The van der Waals surface area contributed by atoms with Gasteiger partial charge in [-0.25, -0.2) is 0 Å². The molecule has 2 aromatic carbocycles. The second-order valence-electron chi connectivity index (χ2n) is 7.07. The van der Waals surface area contributed by atoms with Crippen LogP contribution in [0, 0.1) is 6.92 Å². The van der Waals surface area contributed by atoms with E-state index in [-0.39, 0.29) is 6.04 Å². The lowest BCUT2D eigenvalue weighted by Crippen LogP contribution is -2.47. The first-order valence-corrected chi connectivity index (χ1v) is 9.36. The molecule has 1 unspecified atom stereocenters. The predicted molar refractivity (Wildman–Crippen MR) is 105 cm³/mol. The quantitative estimate of drug-likeness (QED) is 0.766. The highest BCUT2D eigenvalue weighted by Gasteiger charge is 2.28. The smallest absolute Gasteiger partial charge is 0.0774 e. The van der Waals surface area contributed by atoms with Crippen molar-refractivity contribution in [1.82, 2.24) is 20.0 Å². The van der Waals surface area contributed by atoms with Gasteiger partial charge in [0.05, 0.1) is 11.7 Å². The van der Waals surface area contributed by atoms with Crippen molar-refractivity contribution < 1.29 is 0 Å². The van der Waals surface area contributed by atoms with Crippen LogP contribution in [0.15, 0.2) is 66.9 Å². The molecule has 0 spiro atoms. The summed E-state index contributed by atoms with van der Waals surface area (Å²) >= 11 is 0. The fourth-order valence-electron chi connectivity index (χ4n) is 3.89. The highest BCUT2D eigenvalue weighted by atomic mass is 15.3. The van der Waals surface area contributed by atoms with Gasteiger partial charge in [0.1, 0.15) is 0 Å². The van der Waals surface area contributed by atoms with Gasteiger partial charge >= 0.3 is 0 Å². The van der Waals surface area contributed by atoms with Crippen molar-refractivity contribution in [3.8, 4) is 0 Å². The van der Waals surface area contributed by atoms with Crippen LogP contribution in [0.1, 0.15) is 28.4 Å². The number of piperazine rings is 1. The molecule has 3 aromatic rings. The SMILES string of the molecule is Cc1ccccc1C(c1ccn[nH]1)N1CCN(Cc2ccccc2)CC1. The minimum atomic E-state index is 0.248. The van der Waals surface area contributed by atoms with Crippen molar-refractivity contribution in [2.24, 2.45) is 0 Å². The first-order valence-electron chi connectivity index (χ1n) is 9.36. The van der Waals surface area contributed by atoms with E-state index in [9.17, 15) is 0 Å². The van der Waals surface area contributed by atoms with Gasteiger partial charge in [0.15, 0.2) is 0 Å². The van der Waals surface area contributed by atoms with Gasteiger partial charge in [0.2, 0.25) is 0 Å². The normalized spacial score (nSPS) is 17.3. The summed E-state index contributed by atoms with van der Waals surface area (Å²) in [6.45, 7) is 7.53. The van der Waals surface area contributed by atoms with Crippen molar-refractivity contribution in [2.75, 3.05) is 26.2 Å². The third kappa shape index (κ3) is 3.71. The van der Waals surface area contributed by atoms with Gasteiger partial charge in [-0.15, -0.1) is 0 Å². The number of rotatable bonds is 5. The molecule has 1 atom stereocenters. The molecular formula is C22H26N4. The Morgan fingerprint density at radius 3 is 2.35 bits per heavy atom. The van der Waals surface area contributed by atoms with E-state index in [4.69, 9.17) is 0 Å². The summed E-state index contributed by atoms with van der Waals surface area (Å²) in [7, 11) is 0. The van der Waals surface area contributed by atoms with Crippen LogP contribution in [0.2, 0.25) is 0 Å². The van der Waals surface area contributed by atoms with Crippen molar-refractivity contribution in [3.63, 3.8) is 0 Å². The van der Waals surface area contributed by atoms with E-state index < -0.39 is 0 Å². The molecule has 0 bridgehead atoms. The van der Waals surface area contributed by atoms with Gasteiger partial charge in [-0.05, 0) is 29.7 Å². The van der Waals surface area contributed by atoms with Crippen molar-refractivity contribution in [2.45, 2.75) is 19.5 Å². The number of benzene rings is 2. The zero-order chi connectivity index (χ0) is 17.8. The fraction of sp³-hybridized carbons (Fsp3) is 0.318. The Labute approximate surface area is 155 Å². The molecule has 134 valence electrons. The van der Waals surface area contributed by atoms with Gasteiger partial charge in [-0.3, -0.25) is 14.9 Å². The monoisotopic (exact) mass is 346 g/mol. The average molecular weight is 346 g/mol. The third-order valence-corrected chi connectivity index (χ3v) is 5.32. The molecule has 4 heteroatoms. The number of aryl methyl sites for hydroxylation is 1. The van der Waals surface area contributed by atoms with E-state index in [2.05, 4.69) is 87.6 Å². The molecule has 2 heterocycles. The molecule has 4 rings (SSSR count). The number of aromatic nitrogens is 2. The summed E-state index contributed by atoms with van der Waals surface area (Å²) in [6, 6.07) is 21.8. The lowest BCUT2D eigenvalue weighted by atomic mass is 9.96. The number of hydrogen-bond donors (Lipinski definition) is 1. The first kappa shape index (κ1) is 17.0. The van der Waals surface area contributed by atoms with Gasteiger partial charge in [0.25, 0.3) is 0 Å². The van der Waals surface area contributed by atoms with Crippen LogP contribution in [0.3, 0.4) is 0 Å². The minimum absolute atomic E-state index is 0.248. The standard InChI is InChI=1S/C22H26N4/c1-18-7-5-6-10-20(18)22(21-11-12-23-24-21)26-15-13-25(14-16-26)17-19-8-3-2-4-9-19/h2-12,22H,13-17H2,1H3,(H,23,24). The van der Waals surface area contributed by atoms with Gasteiger partial charge in [-0.2, -0.15) is 5.10 Å². The van der Waals surface area contributed by atoms with Crippen molar-refractivity contribution in [3.05, 3.63) is 89.2 Å². The maximum absolute atomic E-state index is 4.20. The number of nitrogens with zero attached hydrogens (tertiary/aromatic N) is 3. The minimum Gasteiger partial charge on any atom is -0.297 e. The van der Waals surface area contributed by atoms with E-state index >= 15 is 0 Å². The molecule has 1 aliphatic heterocycles. The van der Waals surface area contributed by atoms with Crippen LogP contribution in [0.4, 0.5) is 0 Å². The second-order valence-corrected chi connectivity index (χ2v) is 7.07. The zero-order valence-electron chi connectivity index (χ0n) is 15.3. The van der Waals surface area contributed by atoms with Crippen LogP contribution in [0.5, 0.6) is 0 Å². The molecule has 26 heavy (non-hydrogen) atoms. The molecule has 1 saturated heterocycles. The molecule has 0 saturated carbocycles. The summed E-state index contributed by atoms with van der Waals surface area (Å²) in [5.41, 5.74) is 5.27. The Morgan fingerprint density at radius 2 is 1.65 bits per heavy atom. The van der Waals surface area contributed by atoms with Crippen molar-refractivity contribution >= 4 is 0 Å². The fourth-order valence-corrected chi connectivity index (χ4v) is 3.89. The third-order valence-electron chi connectivity index (χ3n) is 5.32. The Balaban J connectivity index is 1.49. The maximum atomic E-state index is 4.20. The Bertz CT molecular complexity index is 805. The summed E-state index contributed by atoms with van der Waals surface area (Å²) in [4.78, 5) is 5.13. The van der Waals surface area contributed by atoms with E-state index in [1.54, 1.807) is 0 Å². The van der Waals surface area contributed by atoms with E-state index in [1.807, 2.05) is 6.20 Å². The lowest BCUT2D eigenvalue weighted by molar-refractivity contribution is 0.103. The zero-order valence-corrected chi connectivity index (χ0v) is 15.3. The van der Waals surface area contributed by atoms with E-state index in [0.29, 0.717) is 0 Å². The Morgan fingerprint density at radius 1 is 0.923 bits per heavy atom. The number of hydrogen-bond acceptors (Lipinski definition) is 3. The second kappa shape index (κ2) is 7.85. The van der Waals surface area contributed by atoms with Crippen molar-refractivity contribution in [1.29, 1.82) is 0 Å². The maximum Gasteiger partial charge on any atom is 0.0774 e. The highest BCUT2D eigenvalue weighted by molar-refractivity contribution is 5.34. The molecule has 1 aliphatic rings. The number of nitrogens with one attached hydrogen (secondary N) is 1. The van der Waals surface area contributed by atoms with E-state index in [0.717, 1.165) is 32.7 Å². The number of H-pyrrole nitrogens is 1. The molecule has 1 aromatic heterocycles. The summed E-state index contributed by atoms with van der Waals surface area (Å²) in [6.07, 6.45) is 1.85. The molecule has 0 amide bonds. The van der Waals surface area contributed by atoms with E-state index in [1.165, 1.54) is 22.4 Å². The largest absolute Gasteiger partial charge is 0.297 e. The predicted octanol–water partition coefficient (Wildman–Crippen LogP) is 3.63. The van der Waals surface area contributed by atoms with Crippen LogP contribution < -0.4 is 0 Å². The first-order chi connectivity index (χ1) is 12.8. The summed E-state index contributed by atoms with van der Waals surface area (Å²) in [5.74, 6) is 0. The van der Waals surface area contributed by atoms with Gasteiger partial charge in [0, 0.05) is 38.9 Å². The Kier molecular flexibility index (Phi) is 5.14. The average Bonchev–Trinajstić information content (AvgIpc) is 3.20. The van der Waals surface area contributed by atoms with Crippen LogP contribution in [-0.2, 0) is 6.54 Å². The molecule has 0 radical (unpaired) electrons. The molecule has 1 N–H and O–H groups in total. The Hall–Kier alpha value is -2.43. The highest BCUT2D eigenvalue weighted by Crippen LogP contribution is 2.30. The number of aromatic amines is 1. The van der Waals surface area contributed by atoms with Crippen LogP contribution in [0.25, 0.3) is 0 Å². The summed E-state index contributed by atoms with van der Waals surface area (Å²) < 4.78 is 0. The summed E-state index contributed by atoms with van der Waals surface area (Å²) in [5, 5.41) is 7.41. The molecule has 0 aliphatic carbocycles. The molecule has 1 fully saturated rings. The van der Waals surface area contributed by atoms with Crippen LogP contribution >= 0.6 is 0 Å². The van der Waals surface area contributed by atoms with Gasteiger partial charge < -0.3 is 0 Å². The molecular weight excluding hydrogens is 320 g/mol. The topological polar surface area (TPSA) is 35.2 Å². The lowest BCUT2D eigenvalue weighted by Gasteiger charge is -2.39. The van der Waals surface area contributed by atoms with Gasteiger partial charge in [-0.1, -0.05) is 54.6 Å².